The van der Waals surface area contributed by atoms with Crippen LogP contribution >= 0.6 is 0 Å². The third kappa shape index (κ3) is 2.43. The predicted molar refractivity (Wildman–Crippen MR) is 55.4 cm³/mol. The molecule has 0 aliphatic heterocycles. The van der Waals surface area contributed by atoms with Gasteiger partial charge in [0.1, 0.15) is 0 Å². The fraction of sp³-hybridized carbons (Fsp3) is 0.333. The van der Waals surface area contributed by atoms with E-state index in [0.717, 1.165) is 12.0 Å². The van der Waals surface area contributed by atoms with Gasteiger partial charge in [0, 0.05) is 5.92 Å². The van der Waals surface area contributed by atoms with Crippen molar-refractivity contribution < 1.29 is 5.11 Å². The molecule has 0 aliphatic rings. The lowest BCUT2D eigenvalue weighted by molar-refractivity contribution is 0.129. The molecular formula is C12H16O. The van der Waals surface area contributed by atoms with Crippen molar-refractivity contribution in [3.05, 3.63) is 48.6 Å². The van der Waals surface area contributed by atoms with E-state index in [4.69, 9.17) is 0 Å². The second-order valence-electron chi connectivity index (χ2n) is 3.16. The molecule has 0 unspecified atom stereocenters. The molecule has 0 aliphatic carbocycles. The predicted octanol–water partition coefficient (Wildman–Crippen LogP) is 2.93. The van der Waals surface area contributed by atoms with E-state index in [2.05, 4.69) is 13.5 Å². The maximum absolute atomic E-state index is 9.91. The second kappa shape index (κ2) is 4.83. The number of aliphatic hydroxyl groups is 1. The molecule has 0 bridgehead atoms. The highest BCUT2D eigenvalue weighted by Crippen LogP contribution is 2.24. The maximum atomic E-state index is 9.91. The van der Waals surface area contributed by atoms with Crippen LogP contribution in [0.15, 0.2) is 43.0 Å². The molecule has 1 heteroatoms. The highest BCUT2D eigenvalue weighted by molar-refractivity contribution is 5.18. The second-order valence-corrected chi connectivity index (χ2v) is 3.16. The summed E-state index contributed by atoms with van der Waals surface area (Å²) >= 11 is 0. The van der Waals surface area contributed by atoms with Crippen LogP contribution < -0.4 is 0 Å². The minimum absolute atomic E-state index is 0.155. The quantitative estimate of drug-likeness (QED) is 0.699. The van der Waals surface area contributed by atoms with E-state index in [1.165, 1.54) is 0 Å². The zero-order chi connectivity index (χ0) is 9.68. The number of hydrogen-bond donors (Lipinski definition) is 1. The van der Waals surface area contributed by atoms with Gasteiger partial charge in [0.15, 0.2) is 0 Å². The Labute approximate surface area is 79.7 Å². The van der Waals surface area contributed by atoms with Gasteiger partial charge in [0.25, 0.3) is 0 Å². The molecule has 0 fully saturated rings. The van der Waals surface area contributed by atoms with Crippen molar-refractivity contribution in [2.24, 2.45) is 5.92 Å². The Morgan fingerprint density at radius 1 is 1.38 bits per heavy atom. The van der Waals surface area contributed by atoms with Gasteiger partial charge in [-0.3, -0.25) is 0 Å². The average Bonchev–Trinajstić information content (AvgIpc) is 2.21. The van der Waals surface area contributed by atoms with Crippen molar-refractivity contribution in [3.63, 3.8) is 0 Å². The van der Waals surface area contributed by atoms with E-state index in [-0.39, 0.29) is 5.92 Å². The van der Waals surface area contributed by atoms with Gasteiger partial charge in [-0.1, -0.05) is 43.3 Å². The third-order valence-corrected chi connectivity index (χ3v) is 2.32. The summed E-state index contributed by atoms with van der Waals surface area (Å²) in [5, 5.41) is 9.91. The van der Waals surface area contributed by atoms with Crippen LogP contribution in [0, 0.1) is 5.92 Å². The Hall–Kier alpha value is -1.08. The van der Waals surface area contributed by atoms with E-state index in [0.29, 0.717) is 0 Å². The Morgan fingerprint density at radius 3 is 2.46 bits per heavy atom. The Bertz CT molecular complexity index is 253. The first-order valence-corrected chi connectivity index (χ1v) is 4.65. The molecule has 0 aromatic heterocycles. The lowest BCUT2D eigenvalue weighted by Crippen LogP contribution is -2.08. The van der Waals surface area contributed by atoms with Gasteiger partial charge in [0.05, 0.1) is 6.10 Å². The zero-order valence-corrected chi connectivity index (χ0v) is 7.98. The normalized spacial score (nSPS) is 14.9. The van der Waals surface area contributed by atoms with E-state index in [1.807, 2.05) is 36.4 Å². The summed E-state index contributed by atoms with van der Waals surface area (Å²) in [5.74, 6) is 0.155. The highest BCUT2D eigenvalue weighted by Gasteiger charge is 2.14. The van der Waals surface area contributed by atoms with Gasteiger partial charge in [-0.15, -0.1) is 6.58 Å². The van der Waals surface area contributed by atoms with Crippen molar-refractivity contribution in [1.29, 1.82) is 0 Å². The van der Waals surface area contributed by atoms with Crippen LogP contribution in [-0.4, -0.2) is 5.11 Å². The van der Waals surface area contributed by atoms with Crippen LogP contribution in [0.3, 0.4) is 0 Å². The van der Waals surface area contributed by atoms with Crippen molar-refractivity contribution in [2.45, 2.75) is 19.4 Å². The largest absolute Gasteiger partial charge is 0.388 e. The molecule has 0 saturated heterocycles. The first-order chi connectivity index (χ1) is 6.29. The number of rotatable bonds is 4. The summed E-state index contributed by atoms with van der Waals surface area (Å²) in [6.07, 6.45) is 2.32. The smallest absolute Gasteiger partial charge is 0.0852 e. The maximum Gasteiger partial charge on any atom is 0.0852 e. The van der Waals surface area contributed by atoms with Crippen LogP contribution in [0.25, 0.3) is 0 Å². The van der Waals surface area contributed by atoms with Crippen LogP contribution in [0.1, 0.15) is 25.0 Å². The summed E-state index contributed by atoms with van der Waals surface area (Å²) in [6, 6.07) is 9.71. The molecule has 0 spiro atoms. The van der Waals surface area contributed by atoms with E-state index in [9.17, 15) is 5.11 Å². The monoisotopic (exact) mass is 176 g/mol. The summed E-state index contributed by atoms with van der Waals surface area (Å²) in [7, 11) is 0. The van der Waals surface area contributed by atoms with E-state index in [1.54, 1.807) is 0 Å². The Balaban J connectivity index is 2.77. The van der Waals surface area contributed by atoms with Gasteiger partial charge in [-0.05, 0) is 12.0 Å². The van der Waals surface area contributed by atoms with Crippen molar-refractivity contribution >= 4 is 0 Å². The Kier molecular flexibility index (Phi) is 3.71. The van der Waals surface area contributed by atoms with Gasteiger partial charge in [-0.2, -0.15) is 0 Å². The SMILES string of the molecule is C=C[C@@H](CC)[C@H](O)c1ccccc1. The van der Waals surface area contributed by atoms with Crippen LogP contribution in [0.2, 0.25) is 0 Å². The number of hydrogen-bond acceptors (Lipinski definition) is 1. The Morgan fingerprint density at radius 2 is 2.00 bits per heavy atom. The molecule has 0 saturated carbocycles. The molecule has 0 radical (unpaired) electrons. The van der Waals surface area contributed by atoms with Crippen molar-refractivity contribution in [1.82, 2.24) is 0 Å². The van der Waals surface area contributed by atoms with Gasteiger partial charge < -0.3 is 5.11 Å². The molecule has 1 aromatic rings. The molecule has 1 aromatic carbocycles. The van der Waals surface area contributed by atoms with Crippen LogP contribution in [0.4, 0.5) is 0 Å². The number of aliphatic hydroxyl groups excluding tert-OH is 1. The van der Waals surface area contributed by atoms with E-state index >= 15 is 0 Å². The molecule has 0 heterocycles. The average molecular weight is 176 g/mol. The summed E-state index contributed by atoms with van der Waals surface area (Å²) < 4.78 is 0. The van der Waals surface area contributed by atoms with Gasteiger partial charge in [0.2, 0.25) is 0 Å². The number of benzene rings is 1. The molecule has 1 rings (SSSR count). The molecule has 1 N–H and O–H groups in total. The topological polar surface area (TPSA) is 20.2 Å². The fourth-order valence-electron chi connectivity index (χ4n) is 1.42. The summed E-state index contributed by atoms with van der Waals surface area (Å²) in [6.45, 7) is 5.77. The third-order valence-electron chi connectivity index (χ3n) is 2.32. The lowest BCUT2D eigenvalue weighted by atomic mass is 9.94. The zero-order valence-electron chi connectivity index (χ0n) is 7.98. The van der Waals surface area contributed by atoms with Crippen molar-refractivity contribution in [3.8, 4) is 0 Å². The fourth-order valence-corrected chi connectivity index (χ4v) is 1.42. The molecular weight excluding hydrogens is 160 g/mol. The van der Waals surface area contributed by atoms with Gasteiger partial charge >= 0.3 is 0 Å². The van der Waals surface area contributed by atoms with Crippen LogP contribution in [0.5, 0.6) is 0 Å². The summed E-state index contributed by atoms with van der Waals surface area (Å²) in [4.78, 5) is 0. The minimum Gasteiger partial charge on any atom is -0.388 e. The standard InChI is InChI=1S/C12H16O/c1-3-10(4-2)12(13)11-8-6-5-7-9-11/h3,5-10,12-13H,1,4H2,2H3/t10-,12-/m0/s1. The molecule has 1 nitrogen and oxygen atoms in total. The first-order valence-electron chi connectivity index (χ1n) is 4.65. The molecule has 0 amide bonds. The molecule has 2 atom stereocenters. The van der Waals surface area contributed by atoms with Crippen LogP contribution in [-0.2, 0) is 0 Å². The molecule has 13 heavy (non-hydrogen) atoms. The minimum atomic E-state index is -0.413. The van der Waals surface area contributed by atoms with Gasteiger partial charge in [-0.25, -0.2) is 0 Å². The molecule has 70 valence electrons. The van der Waals surface area contributed by atoms with E-state index < -0.39 is 6.10 Å². The highest BCUT2D eigenvalue weighted by atomic mass is 16.3. The lowest BCUT2D eigenvalue weighted by Gasteiger charge is -2.17. The van der Waals surface area contributed by atoms with Crippen molar-refractivity contribution in [2.75, 3.05) is 0 Å². The first kappa shape index (κ1) is 10.0. The summed E-state index contributed by atoms with van der Waals surface area (Å²) in [5.41, 5.74) is 0.967.